The molecule has 0 atom stereocenters. The fourth-order valence-electron chi connectivity index (χ4n) is 2.85. The number of aromatic nitrogens is 2. The van der Waals surface area contributed by atoms with Crippen LogP contribution in [0.2, 0.25) is 5.15 Å². The van der Waals surface area contributed by atoms with Gasteiger partial charge in [0.15, 0.2) is 0 Å². The number of anilines is 1. The zero-order chi connectivity index (χ0) is 18.7. The molecule has 2 aromatic carbocycles. The molecular formula is C21H22ClN3O. The van der Waals surface area contributed by atoms with Crippen LogP contribution in [0.1, 0.15) is 29.9 Å². The molecule has 3 rings (SSSR count). The molecule has 3 aromatic rings. The van der Waals surface area contributed by atoms with Gasteiger partial charge in [-0.15, -0.1) is 0 Å². The normalized spacial score (nSPS) is 11.0. The molecule has 5 heteroatoms. The molecule has 0 aliphatic rings. The fourth-order valence-corrected chi connectivity index (χ4v) is 3.18. The lowest BCUT2D eigenvalue weighted by molar-refractivity contribution is 0.102. The number of hydrogen-bond acceptors (Lipinski definition) is 2. The smallest absolute Gasteiger partial charge is 0.260 e. The minimum absolute atomic E-state index is 0.241. The number of aryl methyl sites for hydroxylation is 1. The van der Waals surface area contributed by atoms with Crippen molar-refractivity contribution in [3.63, 3.8) is 0 Å². The third kappa shape index (κ3) is 3.97. The van der Waals surface area contributed by atoms with E-state index in [4.69, 9.17) is 11.6 Å². The maximum Gasteiger partial charge on any atom is 0.260 e. The fraction of sp³-hybridized carbons (Fsp3) is 0.238. The number of carbonyl (C=O) groups excluding carboxylic acids is 1. The van der Waals surface area contributed by atoms with Gasteiger partial charge in [0.25, 0.3) is 5.91 Å². The molecule has 0 fully saturated rings. The van der Waals surface area contributed by atoms with Gasteiger partial charge in [0.05, 0.1) is 11.3 Å². The molecule has 0 aliphatic heterocycles. The van der Waals surface area contributed by atoms with Gasteiger partial charge in [0.1, 0.15) is 5.15 Å². The van der Waals surface area contributed by atoms with E-state index in [2.05, 4.69) is 36.4 Å². The summed E-state index contributed by atoms with van der Waals surface area (Å²) in [7, 11) is 0. The van der Waals surface area contributed by atoms with Crippen LogP contribution in [0.4, 0.5) is 5.69 Å². The molecular weight excluding hydrogens is 346 g/mol. The Balaban J connectivity index is 1.77. The Hall–Kier alpha value is -2.59. The summed E-state index contributed by atoms with van der Waals surface area (Å²) in [6.07, 6.45) is 0. The highest BCUT2D eigenvalue weighted by molar-refractivity contribution is 6.33. The SMILES string of the molecule is Cc1nn(CC(C)C)c(Cl)c1C(=O)Nc1ccc(-c2ccccc2)cc1. The maximum atomic E-state index is 12.7. The average Bonchev–Trinajstić information content (AvgIpc) is 2.89. The summed E-state index contributed by atoms with van der Waals surface area (Å²) < 4.78 is 1.69. The summed E-state index contributed by atoms with van der Waals surface area (Å²) in [4.78, 5) is 12.7. The lowest BCUT2D eigenvalue weighted by Crippen LogP contribution is -2.13. The molecule has 134 valence electrons. The molecule has 0 unspecified atom stereocenters. The van der Waals surface area contributed by atoms with Crippen molar-refractivity contribution in [3.05, 3.63) is 71.0 Å². The Morgan fingerprint density at radius 1 is 1.08 bits per heavy atom. The van der Waals surface area contributed by atoms with Crippen molar-refractivity contribution in [2.45, 2.75) is 27.3 Å². The second-order valence-electron chi connectivity index (χ2n) is 6.72. The Bertz CT molecular complexity index is 899. The first-order chi connectivity index (χ1) is 12.5. The second kappa shape index (κ2) is 7.75. The number of halogens is 1. The van der Waals surface area contributed by atoms with E-state index in [1.807, 2.05) is 42.5 Å². The Kier molecular flexibility index (Phi) is 5.43. The maximum absolute atomic E-state index is 12.7. The number of carbonyl (C=O) groups is 1. The van der Waals surface area contributed by atoms with Crippen LogP contribution in [-0.4, -0.2) is 15.7 Å². The van der Waals surface area contributed by atoms with E-state index in [9.17, 15) is 4.79 Å². The summed E-state index contributed by atoms with van der Waals surface area (Å²) in [5.74, 6) is 0.156. The van der Waals surface area contributed by atoms with Crippen LogP contribution >= 0.6 is 11.6 Å². The van der Waals surface area contributed by atoms with E-state index in [0.29, 0.717) is 28.9 Å². The van der Waals surface area contributed by atoms with E-state index < -0.39 is 0 Å². The number of benzene rings is 2. The van der Waals surface area contributed by atoms with Crippen molar-refractivity contribution in [1.82, 2.24) is 9.78 Å². The predicted octanol–water partition coefficient (Wildman–Crippen LogP) is 5.42. The van der Waals surface area contributed by atoms with Crippen LogP contribution in [0, 0.1) is 12.8 Å². The summed E-state index contributed by atoms with van der Waals surface area (Å²) >= 11 is 6.38. The van der Waals surface area contributed by atoms with E-state index >= 15 is 0 Å². The highest BCUT2D eigenvalue weighted by Crippen LogP contribution is 2.24. The van der Waals surface area contributed by atoms with Crippen LogP contribution in [0.15, 0.2) is 54.6 Å². The van der Waals surface area contributed by atoms with Gasteiger partial charge in [-0.25, -0.2) is 0 Å². The molecule has 0 saturated heterocycles. The van der Waals surface area contributed by atoms with E-state index in [-0.39, 0.29) is 5.91 Å². The van der Waals surface area contributed by atoms with E-state index in [1.54, 1.807) is 11.6 Å². The molecule has 4 nitrogen and oxygen atoms in total. The van der Waals surface area contributed by atoms with Gasteiger partial charge in [-0.3, -0.25) is 9.48 Å². The zero-order valence-electron chi connectivity index (χ0n) is 15.2. The number of hydrogen-bond donors (Lipinski definition) is 1. The number of nitrogens with one attached hydrogen (secondary N) is 1. The minimum Gasteiger partial charge on any atom is -0.322 e. The highest BCUT2D eigenvalue weighted by Gasteiger charge is 2.20. The first kappa shape index (κ1) is 18.2. The highest BCUT2D eigenvalue weighted by atomic mass is 35.5. The van der Waals surface area contributed by atoms with Gasteiger partial charge in [-0.2, -0.15) is 5.10 Å². The van der Waals surface area contributed by atoms with Crippen LogP contribution in [0.5, 0.6) is 0 Å². The van der Waals surface area contributed by atoms with Crippen LogP contribution in [-0.2, 0) is 6.54 Å². The van der Waals surface area contributed by atoms with Crippen molar-refractivity contribution in [2.24, 2.45) is 5.92 Å². The molecule has 1 aromatic heterocycles. The zero-order valence-corrected chi connectivity index (χ0v) is 15.9. The molecule has 0 spiro atoms. The predicted molar refractivity (Wildman–Crippen MR) is 107 cm³/mol. The van der Waals surface area contributed by atoms with Crippen molar-refractivity contribution in [3.8, 4) is 11.1 Å². The monoisotopic (exact) mass is 367 g/mol. The van der Waals surface area contributed by atoms with Crippen LogP contribution in [0.3, 0.4) is 0 Å². The Morgan fingerprint density at radius 2 is 1.69 bits per heavy atom. The third-order valence-corrected chi connectivity index (χ3v) is 4.46. The summed E-state index contributed by atoms with van der Waals surface area (Å²) in [5.41, 5.74) is 4.03. The quantitative estimate of drug-likeness (QED) is 0.654. The van der Waals surface area contributed by atoms with Gasteiger partial charge in [-0.1, -0.05) is 67.9 Å². The molecule has 1 heterocycles. The van der Waals surface area contributed by atoms with Gasteiger partial charge < -0.3 is 5.32 Å². The van der Waals surface area contributed by atoms with Crippen molar-refractivity contribution >= 4 is 23.2 Å². The largest absolute Gasteiger partial charge is 0.322 e. The molecule has 26 heavy (non-hydrogen) atoms. The topological polar surface area (TPSA) is 46.9 Å². The van der Waals surface area contributed by atoms with Crippen molar-refractivity contribution in [2.75, 3.05) is 5.32 Å². The van der Waals surface area contributed by atoms with Gasteiger partial charge in [-0.05, 0) is 36.1 Å². The lowest BCUT2D eigenvalue weighted by Gasteiger charge is -2.08. The Labute approximate surface area is 158 Å². The molecule has 0 bridgehead atoms. The molecule has 1 amide bonds. The van der Waals surface area contributed by atoms with Crippen LogP contribution in [0.25, 0.3) is 11.1 Å². The first-order valence-electron chi connectivity index (χ1n) is 8.65. The molecule has 0 saturated carbocycles. The standard InChI is InChI=1S/C21H22ClN3O/c1-14(2)13-25-20(22)19(15(3)24-25)21(26)23-18-11-9-17(10-12-18)16-7-5-4-6-8-16/h4-12,14H,13H2,1-3H3,(H,23,26). The lowest BCUT2D eigenvalue weighted by atomic mass is 10.1. The number of amides is 1. The minimum atomic E-state index is -0.241. The van der Waals surface area contributed by atoms with Crippen molar-refractivity contribution in [1.29, 1.82) is 0 Å². The van der Waals surface area contributed by atoms with Gasteiger partial charge in [0, 0.05) is 12.2 Å². The summed E-state index contributed by atoms with van der Waals surface area (Å²) in [6, 6.07) is 17.9. The molecule has 0 radical (unpaired) electrons. The summed E-state index contributed by atoms with van der Waals surface area (Å²) in [6.45, 7) is 6.65. The molecule has 1 N–H and O–H groups in total. The van der Waals surface area contributed by atoms with E-state index in [0.717, 1.165) is 16.8 Å². The first-order valence-corrected chi connectivity index (χ1v) is 9.03. The van der Waals surface area contributed by atoms with Crippen molar-refractivity contribution < 1.29 is 4.79 Å². The van der Waals surface area contributed by atoms with Crippen LogP contribution < -0.4 is 5.32 Å². The molecule has 0 aliphatic carbocycles. The number of nitrogens with zero attached hydrogens (tertiary/aromatic N) is 2. The van der Waals surface area contributed by atoms with E-state index in [1.165, 1.54) is 0 Å². The Morgan fingerprint density at radius 3 is 2.31 bits per heavy atom. The second-order valence-corrected chi connectivity index (χ2v) is 7.08. The third-order valence-electron chi connectivity index (χ3n) is 4.08. The van der Waals surface area contributed by atoms with Gasteiger partial charge >= 0.3 is 0 Å². The van der Waals surface area contributed by atoms with Gasteiger partial charge in [0.2, 0.25) is 0 Å². The number of rotatable bonds is 5. The average molecular weight is 368 g/mol. The summed E-state index contributed by atoms with van der Waals surface area (Å²) in [5, 5.41) is 7.68.